The molecule has 0 saturated carbocycles. The highest BCUT2D eigenvalue weighted by molar-refractivity contribution is 5.94. The van der Waals surface area contributed by atoms with E-state index in [0.29, 0.717) is 6.42 Å². The van der Waals surface area contributed by atoms with Gasteiger partial charge in [-0.3, -0.25) is 4.79 Å². The molecule has 1 heterocycles. The van der Waals surface area contributed by atoms with Crippen LogP contribution in [0, 0.1) is 0 Å². The van der Waals surface area contributed by atoms with Gasteiger partial charge in [-0.05, 0) is 19.3 Å². The van der Waals surface area contributed by atoms with Gasteiger partial charge in [-0.1, -0.05) is 6.08 Å². The fourth-order valence-corrected chi connectivity index (χ4v) is 1.68. The summed E-state index contributed by atoms with van der Waals surface area (Å²) in [6.45, 7) is 3.61. The Morgan fingerprint density at radius 1 is 1.79 bits per heavy atom. The van der Waals surface area contributed by atoms with E-state index in [-0.39, 0.29) is 11.9 Å². The maximum atomic E-state index is 11.3. The highest BCUT2D eigenvalue weighted by Crippen LogP contribution is 2.23. The molecule has 0 radical (unpaired) electrons. The number of hydrogen-bond acceptors (Lipinski definition) is 3. The third kappa shape index (κ3) is 2.13. The second kappa shape index (κ2) is 4.79. The first kappa shape index (κ1) is 10.8. The lowest BCUT2D eigenvalue weighted by Gasteiger charge is -2.20. The molecule has 0 aromatic heterocycles. The molecule has 1 saturated heterocycles. The van der Waals surface area contributed by atoms with Crippen molar-refractivity contribution in [2.75, 3.05) is 7.11 Å². The van der Waals surface area contributed by atoms with Crippen LogP contribution in [0.5, 0.6) is 0 Å². The summed E-state index contributed by atoms with van der Waals surface area (Å²) in [6.07, 6.45) is 4.02. The van der Waals surface area contributed by atoms with Crippen LogP contribution in [0.25, 0.3) is 0 Å². The number of rotatable bonds is 3. The lowest BCUT2D eigenvalue weighted by Crippen LogP contribution is -2.38. The van der Waals surface area contributed by atoms with Gasteiger partial charge in [0.15, 0.2) is 0 Å². The second-order valence-corrected chi connectivity index (χ2v) is 3.29. The molecule has 14 heavy (non-hydrogen) atoms. The maximum absolute atomic E-state index is 11.3. The van der Waals surface area contributed by atoms with Gasteiger partial charge in [0.1, 0.15) is 0 Å². The van der Waals surface area contributed by atoms with E-state index in [0.717, 1.165) is 19.3 Å². The minimum Gasteiger partial charge on any atom is -0.452 e. The third-order valence-electron chi connectivity index (χ3n) is 2.40. The Bertz CT molecular complexity index is 250. The number of ether oxygens (including phenoxy) is 1. The summed E-state index contributed by atoms with van der Waals surface area (Å²) >= 11 is 0. The molecule has 1 aliphatic rings. The average molecular weight is 197 g/mol. The third-order valence-corrected chi connectivity index (χ3v) is 2.40. The minimum absolute atomic E-state index is 0.00653. The maximum Gasteiger partial charge on any atom is 0.416 e. The number of carbonyl (C=O) groups excluding carboxylic acids is 2. The van der Waals surface area contributed by atoms with Crippen molar-refractivity contribution in [3.05, 3.63) is 12.7 Å². The molecule has 0 unspecified atom stereocenters. The average Bonchev–Trinajstić information content (AvgIpc) is 2.55. The number of likely N-dealkylation sites (tertiary alicyclic amines) is 1. The van der Waals surface area contributed by atoms with Crippen molar-refractivity contribution in [3.8, 4) is 0 Å². The molecule has 0 spiro atoms. The molecule has 78 valence electrons. The van der Waals surface area contributed by atoms with Gasteiger partial charge in [0.05, 0.1) is 7.11 Å². The van der Waals surface area contributed by atoms with Crippen LogP contribution in [0.4, 0.5) is 4.79 Å². The Morgan fingerprint density at radius 2 is 2.50 bits per heavy atom. The van der Waals surface area contributed by atoms with Gasteiger partial charge in [0.2, 0.25) is 5.91 Å². The largest absolute Gasteiger partial charge is 0.452 e. The molecule has 1 fully saturated rings. The standard InChI is InChI=1S/C10H15NO3/c1-3-4-5-8-6-7-9(12)11(8)10(13)14-2/h3,8H,1,4-7H2,2H3/t8-/m1/s1. The van der Waals surface area contributed by atoms with E-state index >= 15 is 0 Å². The highest BCUT2D eigenvalue weighted by atomic mass is 16.5. The molecule has 0 aromatic rings. The zero-order chi connectivity index (χ0) is 10.6. The van der Waals surface area contributed by atoms with Crippen molar-refractivity contribution in [2.24, 2.45) is 0 Å². The molecular weight excluding hydrogens is 182 g/mol. The molecule has 0 aliphatic carbocycles. The number of carbonyl (C=O) groups is 2. The molecule has 0 N–H and O–H groups in total. The van der Waals surface area contributed by atoms with Crippen LogP contribution in [0.1, 0.15) is 25.7 Å². The number of amides is 2. The fraction of sp³-hybridized carbons (Fsp3) is 0.600. The van der Waals surface area contributed by atoms with Gasteiger partial charge in [0, 0.05) is 12.5 Å². The molecule has 1 aliphatic heterocycles. The van der Waals surface area contributed by atoms with E-state index in [9.17, 15) is 9.59 Å². The summed E-state index contributed by atoms with van der Waals surface area (Å²) < 4.78 is 4.56. The van der Waals surface area contributed by atoms with E-state index in [1.807, 2.05) is 0 Å². The van der Waals surface area contributed by atoms with Crippen LogP contribution in [-0.4, -0.2) is 30.1 Å². The van der Waals surface area contributed by atoms with E-state index < -0.39 is 6.09 Å². The van der Waals surface area contributed by atoms with E-state index in [2.05, 4.69) is 11.3 Å². The first-order valence-electron chi connectivity index (χ1n) is 4.71. The lowest BCUT2D eigenvalue weighted by molar-refractivity contribution is -0.127. The molecule has 1 rings (SSSR count). The first-order valence-corrected chi connectivity index (χ1v) is 4.71. The quantitative estimate of drug-likeness (QED) is 0.647. The van der Waals surface area contributed by atoms with Gasteiger partial charge < -0.3 is 4.74 Å². The van der Waals surface area contributed by atoms with Crippen molar-refractivity contribution >= 4 is 12.0 Å². The summed E-state index contributed by atoms with van der Waals surface area (Å²) in [5, 5.41) is 0. The van der Waals surface area contributed by atoms with Crippen molar-refractivity contribution < 1.29 is 14.3 Å². The lowest BCUT2D eigenvalue weighted by atomic mass is 10.1. The van der Waals surface area contributed by atoms with Crippen LogP contribution >= 0.6 is 0 Å². The van der Waals surface area contributed by atoms with Gasteiger partial charge in [-0.2, -0.15) is 0 Å². The Hall–Kier alpha value is -1.32. The molecule has 4 nitrogen and oxygen atoms in total. The molecular formula is C10H15NO3. The number of hydrogen-bond donors (Lipinski definition) is 0. The number of methoxy groups -OCH3 is 1. The topological polar surface area (TPSA) is 46.6 Å². The fourth-order valence-electron chi connectivity index (χ4n) is 1.68. The van der Waals surface area contributed by atoms with Crippen molar-refractivity contribution in [1.82, 2.24) is 4.90 Å². The van der Waals surface area contributed by atoms with Crippen molar-refractivity contribution in [3.63, 3.8) is 0 Å². The van der Waals surface area contributed by atoms with Crippen LogP contribution in [-0.2, 0) is 9.53 Å². The SMILES string of the molecule is C=CCC[C@@H]1CCC(=O)N1C(=O)OC. The minimum atomic E-state index is -0.540. The van der Waals surface area contributed by atoms with E-state index in [1.165, 1.54) is 12.0 Å². The Kier molecular flexibility index (Phi) is 3.68. The predicted molar refractivity (Wildman–Crippen MR) is 51.7 cm³/mol. The Morgan fingerprint density at radius 3 is 3.07 bits per heavy atom. The monoisotopic (exact) mass is 197 g/mol. The van der Waals surface area contributed by atoms with Crippen LogP contribution in [0.2, 0.25) is 0 Å². The molecule has 4 heteroatoms. The van der Waals surface area contributed by atoms with Crippen LogP contribution in [0.3, 0.4) is 0 Å². The van der Waals surface area contributed by atoms with Crippen molar-refractivity contribution in [2.45, 2.75) is 31.7 Å². The molecule has 0 aromatic carbocycles. The smallest absolute Gasteiger partial charge is 0.416 e. The summed E-state index contributed by atoms with van der Waals surface area (Å²) in [6, 6.07) is -0.00653. The van der Waals surface area contributed by atoms with E-state index in [4.69, 9.17) is 0 Å². The van der Waals surface area contributed by atoms with Gasteiger partial charge in [0.25, 0.3) is 0 Å². The van der Waals surface area contributed by atoms with Crippen LogP contribution < -0.4 is 0 Å². The predicted octanol–water partition coefficient (Wildman–Crippen LogP) is 1.71. The first-order chi connectivity index (χ1) is 6.70. The zero-order valence-electron chi connectivity index (χ0n) is 8.36. The van der Waals surface area contributed by atoms with Gasteiger partial charge in [-0.15, -0.1) is 6.58 Å². The Labute approximate surface area is 83.5 Å². The number of allylic oxidation sites excluding steroid dienone is 1. The normalized spacial score (nSPS) is 21.1. The van der Waals surface area contributed by atoms with Gasteiger partial charge >= 0.3 is 6.09 Å². The summed E-state index contributed by atoms with van der Waals surface area (Å²) in [7, 11) is 1.29. The Balaban J connectivity index is 2.61. The zero-order valence-corrected chi connectivity index (χ0v) is 8.36. The van der Waals surface area contributed by atoms with Crippen LogP contribution in [0.15, 0.2) is 12.7 Å². The highest BCUT2D eigenvalue weighted by Gasteiger charge is 2.35. The second-order valence-electron chi connectivity index (χ2n) is 3.29. The van der Waals surface area contributed by atoms with E-state index in [1.54, 1.807) is 6.08 Å². The summed E-state index contributed by atoms with van der Waals surface area (Å²) in [5.74, 6) is -0.133. The van der Waals surface area contributed by atoms with Crippen molar-refractivity contribution in [1.29, 1.82) is 0 Å². The number of nitrogens with zero attached hydrogens (tertiary/aromatic N) is 1. The summed E-state index contributed by atoms with van der Waals surface area (Å²) in [5.41, 5.74) is 0. The molecule has 1 atom stereocenters. The summed E-state index contributed by atoms with van der Waals surface area (Å²) in [4.78, 5) is 23.8. The molecule has 2 amide bonds. The number of imide groups is 1. The molecule has 0 bridgehead atoms. The van der Waals surface area contributed by atoms with Gasteiger partial charge in [-0.25, -0.2) is 9.69 Å².